The molecule has 0 radical (unpaired) electrons. The first-order valence-corrected chi connectivity index (χ1v) is 5.51. The van der Waals surface area contributed by atoms with Crippen LogP contribution in [0.5, 0.6) is 0 Å². The zero-order chi connectivity index (χ0) is 10.8. The lowest BCUT2D eigenvalue weighted by Crippen LogP contribution is -2.30. The van der Waals surface area contributed by atoms with E-state index in [1.807, 2.05) is 6.92 Å². The molecule has 0 amide bonds. The topological polar surface area (TPSA) is 37.8 Å². The van der Waals surface area contributed by atoms with E-state index in [-0.39, 0.29) is 5.54 Å². The summed E-state index contributed by atoms with van der Waals surface area (Å²) in [4.78, 5) is 8.54. The molecule has 1 aromatic heterocycles. The smallest absolute Gasteiger partial charge is 0.223 e. The van der Waals surface area contributed by atoms with Crippen LogP contribution in [0.3, 0.4) is 0 Å². The van der Waals surface area contributed by atoms with Crippen molar-refractivity contribution < 1.29 is 0 Å². The van der Waals surface area contributed by atoms with E-state index in [1.165, 1.54) is 0 Å². The lowest BCUT2D eigenvalue weighted by molar-refractivity contribution is 0.541. The molecule has 0 spiro atoms. The van der Waals surface area contributed by atoms with Gasteiger partial charge in [-0.1, -0.05) is 6.92 Å². The van der Waals surface area contributed by atoms with Crippen LogP contribution >= 0.6 is 15.9 Å². The van der Waals surface area contributed by atoms with Gasteiger partial charge in [-0.05, 0) is 43.1 Å². The first-order valence-electron chi connectivity index (χ1n) is 4.72. The van der Waals surface area contributed by atoms with Gasteiger partial charge in [0.1, 0.15) is 0 Å². The lowest BCUT2D eigenvalue weighted by Gasteiger charge is -2.24. The third kappa shape index (κ3) is 2.94. The number of nitrogens with zero attached hydrogens (tertiary/aromatic N) is 2. The first kappa shape index (κ1) is 11.4. The van der Waals surface area contributed by atoms with Crippen LogP contribution in [-0.2, 0) is 0 Å². The molecule has 1 N–H and O–H groups in total. The van der Waals surface area contributed by atoms with E-state index < -0.39 is 0 Å². The molecule has 0 bridgehead atoms. The molecular formula is C10H16BrN3. The minimum atomic E-state index is 0.0419. The van der Waals surface area contributed by atoms with Crippen LogP contribution in [0.25, 0.3) is 0 Å². The van der Waals surface area contributed by atoms with Gasteiger partial charge in [0.25, 0.3) is 0 Å². The van der Waals surface area contributed by atoms with Crippen molar-refractivity contribution in [1.29, 1.82) is 0 Å². The average Bonchev–Trinajstić information content (AvgIpc) is 2.11. The Bertz CT molecular complexity index is 323. The Kier molecular flexibility index (Phi) is 3.48. The monoisotopic (exact) mass is 257 g/mol. The quantitative estimate of drug-likeness (QED) is 0.904. The van der Waals surface area contributed by atoms with E-state index in [4.69, 9.17) is 0 Å². The summed E-state index contributed by atoms with van der Waals surface area (Å²) >= 11 is 3.37. The van der Waals surface area contributed by atoms with Crippen molar-refractivity contribution in [2.75, 3.05) is 5.32 Å². The molecule has 0 unspecified atom stereocenters. The van der Waals surface area contributed by atoms with Crippen molar-refractivity contribution in [1.82, 2.24) is 9.97 Å². The number of aromatic nitrogens is 2. The number of nitrogens with one attached hydrogen (secondary N) is 1. The van der Waals surface area contributed by atoms with Gasteiger partial charge in [-0.3, -0.25) is 0 Å². The Hall–Kier alpha value is -0.640. The maximum absolute atomic E-state index is 4.34. The molecule has 0 aromatic carbocycles. The predicted molar refractivity (Wildman–Crippen MR) is 62.5 cm³/mol. The van der Waals surface area contributed by atoms with Gasteiger partial charge in [0.2, 0.25) is 5.95 Å². The highest BCUT2D eigenvalue weighted by atomic mass is 79.9. The Morgan fingerprint density at radius 1 is 1.50 bits per heavy atom. The number of anilines is 1. The summed E-state index contributed by atoms with van der Waals surface area (Å²) < 4.78 is 0.942. The summed E-state index contributed by atoms with van der Waals surface area (Å²) in [6, 6.07) is 0. The van der Waals surface area contributed by atoms with Gasteiger partial charge < -0.3 is 5.32 Å². The molecule has 1 heterocycles. The SMILES string of the molecule is CCC(C)(C)Nc1ncc(Br)c(C)n1. The molecule has 0 atom stereocenters. The second-order valence-corrected chi connectivity index (χ2v) is 4.84. The molecule has 1 aromatic rings. The fourth-order valence-electron chi connectivity index (χ4n) is 0.904. The molecule has 0 aliphatic carbocycles. The Labute approximate surface area is 93.5 Å². The molecule has 0 saturated heterocycles. The largest absolute Gasteiger partial charge is 0.349 e. The minimum absolute atomic E-state index is 0.0419. The first-order chi connectivity index (χ1) is 6.44. The van der Waals surface area contributed by atoms with Crippen LogP contribution in [0.2, 0.25) is 0 Å². The van der Waals surface area contributed by atoms with Crippen LogP contribution in [0.15, 0.2) is 10.7 Å². The van der Waals surface area contributed by atoms with E-state index in [2.05, 4.69) is 52.0 Å². The van der Waals surface area contributed by atoms with Gasteiger partial charge >= 0.3 is 0 Å². The summed E-state index contributed by atoms with van der Waals surface area (Å²) in [5.41, 5.74) is 0.995. The van der Waals surface area contributed by atoms with Gasteiger partial charge in [0.05, 0.1) is 10.2 Å². The molecule has 1 rings (SSSR count). The van der Waals surface area contributed by atoms with Crippen molar-refractivity contribution in [3.63, 3.8) is 0 Å². The zero-order valence-electron chi connectivity index (χ0n) is 9.06. The van der Waals surface area contributed by atoms with Crippen molar-refractivity contribution >= 4 is 21.9 Å². The summed E-state index contributed by atoms with van der Waals surface area (Å²) in [6.07, 6.45) is 2.81. The third-order valence-corrected chi connectivity index (χ3v) is 3.03. The fourth-order valence-corrected chi connectivity index (χ4v) is 1.09. The number of halogens is 1. The highest BCUT2D eigenvalue weighted by molar-refractivity contribution is 9.10. The Morgan fingerprint density at radius 3 is 2.64 bits per heavy atom. The summed E-state index contributed by atoms with van der Waals surface area (Å²) in [7, 11) is 0. The second-order valence-electron chi connectivity index (χ2n) is 3.99. The van der Waals surface area contributed by atoms with Gasteiger partial charge in [-0.2, -0.15) is 0 Å². The molecule has 4 heteroatoms. The van der Waals surface area contributed by atoms with E-state index in [0.717, 1.165) is 16.6 Å². The molecule has 14 heavy (non-hydrogen) atoms. The summed E-state index contributed by atoms with van der Waals surface area (Å²) in [5.74, 6) is 0.692. The zero-order valence-corrected chi connectivity index (χ0v) is 10.6. The van der Waals surface area contributed by atoms with Crippen LogP contribution in [0, 0.1) is 6.92 Å². The van der Waals surface area contributed by atoms with Gasteiger partial charge in [0, 0.05) is 11.7 Å². The maximum atomic E-state index is 4.34. The van der Waals surface area contributed by atoms with Gasteiger partial charge in [-0.15, -0.1) is 0 Å². The number of hydrogen-bond donors (Lipinski definition) is 1. The van der Waals surface area contributed by atoms with Gasteiger partial charge in [-0.25, -0.2) is 9.97 Å². The highest BCUT2D eigenvalue weighted by Gasteiger charge is 2.15. The molecule has 0 saturated carbocycles. The molecule has 0 aliphatic heterocycles. The molecule has 78 valence electrons. The lowest BCUT2D eigenvalue weighted by atomic mass is 10.0. The minimum Gasteiger partial charge on any atom is -0.349 e. The van der Waals surface area contributed by atoms with Crippen LogP contribution in [-0.4, -0.2) is 15.5 Å². The summed E-state index contributed by atoms with van der Waals surface area (Å²) in [6.45, 7) is 8.36. The highest BCUT2D eigenvalue weighted by Crippen LogP contribution is 2.17. The molecular weight excluding hydrogens is 242 g/mol. The van der Waals surface area contributed by atoms with E-state index in [9.17, 15) is 0 Å². The van der Waals surface area contributed by atoms with Crippen molar-refractivity contribution in [2.24, 2.45) is 0 Å². The molecule has 0 fully saturated rings. The third-order valence-electron chi connectivity index (χ3n) is 2.25. The van der Waals surface area contributed by atoms with Crippen molar-refractivity contribution in [2.45, 2.75) is 39.7 Å². The standard InChI is InChI=1S/C10H16BrN3/c1-5-10(3,4)14-9-12-6-8(11)7(2)13-9/h6H,5H2,1-4H3,(H,12,13,14). The van der Waals surface area contributed by atoms with E-state index in [1.54, 1.807) is 6.20 Å². The molecule has 3 nitrogen and oxygen atoms in total. The van der Waals surface area contributed by atoms with E-state index in [0.29, 0.717) is 5.95 Å². The fraction of sp³-hybridized carbons (Fsp3) is 0.600. The average molecular weight is 258 g/mol. The van der Waals surface area contributed by atoms with Crippen molar-refractivity contribution in [3.8, 4) is 0 Å². The Morgan fingerprint density at radius 2 is 2.14 bits per heavy atom. The van der Waals surface area contributed by atoms with Crippen molar-refractivity contribution in [3.05, 3.63) is 16.4 Å². The maximum Gasteiger partial charge on any atom is 0.223 e. The van der Waals surface area contributed by atoms with E-state index >= 15 is 0 Å². The van der Waals surface area contributed by atoms with Gasteiger partial charge in [0.15, 0.2) is 0 Å². The normalized spacial score (nSPS) is 11.5. The number of rotatable bonds is 3. The Balaban J connectivity index is 2.83. The van der Waals surface area contributed by atoms with Crippen LogP contribution in [0.4, 0.5) is 5.95 Å². The van der Waals surface area contributed by atoms with Crippen LogP contribution < -0.4 is 5.32 Å². The predicted octanol–water partition coefficient (Wildman–Crippen LogP) is 3.15. The van der Waals surface area contributed by atoms with Crippen LogP contribution in [0.1, 0.15) is 32.9 Å². The molecule has 0 aliphatic rings. The summed E-state index contributed by atoms with van der Waals surface area (Å²) in [5, 5.41) is 3.29. The number of aryl methyl sites for hydroxylation is 1. The second kappa shape index (κ2) is 4.26. The number of hydrogen-bond acceptors (Lipinski definition) is 3.